The number of rotatable bonds is 7. The minimum Gasteiger partial charge on any atom is -0.0805 e. The fraction of sp³-hybridized carbons (Fsp3) is 0.133. The molecule has 0 bridgehead atoms. The van der Waals surface area contributed by atoms with Crippen LogP contribution in [-0.4, -0.2) is 8.07 Å². The zero-order valence-corrected chi connectivity index (χ0v) is 18.8. The van der Waals surface area contributed by atoms with Gasteiger partial charge in [-0.2, -0.15) is 0 Å². The summed E-state index contributed by atoms with van der Waals surface area (Å²) in [6.45, 7) is 0. The summed E-state index contributed by atoms with van der Waals surface area (Å²) >= 11 is 0. The van der Waals surface area contributed by atoms with Gasteiger partial charge in [0.15, 0.2) is 0 Å². The van der Waals surface area contributed by atoms with Gasteiger partial charge in [-0.05, 0) is 45.4 Å². The molecule has 0 heterocycles. The van der Waals surface area contributed by atoms with Crippen LogP contribution >= 0.6 is 0 Å². The lowest BCUT2D eigenvalue weighted by molar-refractivity contribution is 0.886. The van der Waals surface area contributed by atoms with E-state index in [4.69, 9.17) is 0 Å². The van der Waals surface area contributed by atoms with Crippen molar-refractivity contribution in [2.45, 2.75) is 12.5 Å². The van der Waals surface area contributed by atoms with E-state index in [2.05, 4.69) is 133 Å². The first-order chi connectivity index (χ1) is 15.4. The summed E-state index contributed by atoms with van der Waals surface area (Å²) in [5.41, 5.74) is 1.30. The normalized spacial score (nSPS) is 18.2. The van der Waals surface area contributed by atoms with Gasteiger partial charge in [-0.1, -0.05) is 133 Å². The quantitative estimate of drug-likeness (QED) is 0.275. The van der Waals surface area contributed by atoms with Crippen LogP contribution in [-0.2, 0) is 0 Å². The lowest BCUT2D eigenvalue weighted by atomic mass is 10.2. The van der Waals surface area contributed by atoms with E-state index in [0.717, 1.165) is 5.92 Å². The van der Waals surface area contributed by atoms with E-state index in [9.17, 15) is 0 Å². The third-order valence-corrected chi connectivity index (χ3v) is 11.8. The molecule has 0 aromatic heterocycles. The molecule has 0 nitrogen and oxygen atoms in total. The van der Waals surface area contributed by atoms with Crippen LogP contribution in [0.2, 0.25) is 6.04 Å². The SMILES string of the molecule is C(=C/[C@H]1C[C@H]1C[Si](c1ccccc1)(c1ccccc1)c1ccccc1)/c1ccccc1. The second-order valence-electron chi connectivity index (χ2n) is 8.64. The van der Waals surface area contributed by atoms with E-state index >= 15 is 0 Å². The minimum atomic E-state index is -2.11. The molecule has 0 amide bonds. The average molecular weight is 417 g/mol. The van der Waals surface area contributed by atoms with E-state index in [-0.39, 0.29) is 0 Å². The highest BCUT2D eigenvalue weighted by molar-refractivity contribution is 7.11. The van der Waals surface area contributed by atoms with E-state index in [0.29, 0.717) is 5.92 Å². The van der Waals surface area contributed by atoms with Crippen LogP contribution in [0.3, 0.4) is 0 Å². The molecule has 5 rings (SSSR count). The van der Waals surface area contributed by atoms with Crippen LogP contribution < -0.4 is 15.6 Å². The van der Waals surface area contributed by atoms with E-state index in [1.165, 1.54) is 33.6 Å². The Balaban J connectivity index is 1.53. The molecule has 1 fully saturated rings. The van der Waals surface area contributed by atoms with Crippen molar-refractivity contribution >= 4 is 29.7 Å². The van der Waals surface area contributed by atoms with Crippen LogP contribution in [0.1, 0.15) is 12.0 Å². The topological polar surface area (TPSA) is 0 Å². The highest BCUT2D eigenvalue weighted by Gasteiger charge is 2.47. The summed E-state index contributed by atoms with van der Waals surface area (Å²) in [6.07, 6.45) is 6.05. The van der Waals surface area contributed by atoms with Crippen LogP contribution in [0.15, 0.2) is 127 Å². The zero-order chi connectivity index (χ0) is 20.9. The molecule has 0 spiro atoms. The minimum absolute atomic E-state index is 0.684. The number of hydrogen-bond acceptors (Lipinski definition) is 0. The Morgan fingerprint density at radius 1 is 0.581 bits per heavy atom. The lowest BCUT2D eigenvalue weighted by Gasteiger charge is -2.34. The van der Waals surface area contributed by atoms with Crippen LogP contribution in [0.25, 0.3) is 6.08 Å². The standard InChI is InChI=1S/C30H28Si/c1-5-13-25(14-6-1)21-22-26-23-27(26)24-31(28-15-7-2-8-16-28,29-17-9-3-10-18-29)30-19-11-4-12-20-30/h1-22,26-27H,23-24H2/b22-21-/t26-,27-/m0/s1. The van der Waals surface area contributed by atoms with Crippen molar-refractivity contribution in [2.75, 3.05) is 0 Å². The average Bonchev–Trinajstić information content (AvgIpc) is 3.61. The number of allylic oxidation sites excluding steroid dienone is 1. The molecule has 4 aromatic carbocycles. The number of hydrogen-bond donors (Lipinski definition) is 0. The summed E-state index contributed by atoms with van der Waals surface area (Å²) < 4.78 is 0. The molecule has 0 N–H and O–H groups in total. The Bertz CT molecular complexity index is 1020. The van der Waals surface area contributed by atoms with Gasteiger partial charge >= 0.3 is 0 Å². The van der Waals surface area contributed by atoms with Gasteiger partial charge in [0.1, 0.15) is 8.07 Å². The van der Waals surface area contributed by atoms with Gasteiger partial charge in [0.2, 0.25) is 0 Å². The molecule has 1 heteroatoms. The Hall–Kier alpha value is -3.16. The third kappa shape index (κ3) is 4.19. The van der Waals surface area contributed by atoms with Crippen molar-refractivity contribution in [1.82, 2.24) is 0 Å². The highest BCUT2D eigenvalue weighted by atomic mass is 28.3. The maximum absolute atomic E-state index is 2.44. The Morgan fingerprint density at radius 3 is 1.45 bits per heavy atom. The van der Waals surface area contributed by atoms with Crippen molar-refractivity contribution in [3.8, 4) is 0 Å². The van der Waals surface area contributed by atoms with Crippen LogP contribution in [0.4, 0.5) is 0 Å². The van der Waals surface area contributed by atoms with E-state index < -0.39 is 8.07 Å². The van der Waals surface area contributed by atoms with Gasteiger partial charge in [0, 0.05) is 0 Å². The van der Waals surface area contributed by atoms with Gasteiger partial charge in [-0.25, -0.2) is 0 Å². The van der Waals surface area contributed by atoms with Crippen LogP contribution in [0.5, 0.6) is 0 Å². The zero-order valence-electron chi connectivity index (χ0n) is 17.8. The van der Waals surface area contributed by atoms with Crippen molar-refractivity contribution < 1.29 is 0 Å². The first-order valence-electron chi connectivity index (χ1n) is 11.3. The summed E-state index contributed by atoms with van der Waals surface area (Å²) in [7, 11) is -2.11. The predicted octanol–water partition coefficient (Wildman–Crippen LogP) is 5.51. The Morgan fingerprint density at radius 2 is 1.00 bits per heavy atom. The fourth-order valence-corrected chi connectivity index (χ4v) is 10.2. The molecule has 0 aliphatic heterocycles. The Labute approximate surface area is 186 Å². The summed E-state index contributed by atoms with van der Waals surface area (Å²) in [6, 6.07) is 45.8. The largest absolute Gasteiger partial charge is 0.148 e. The summed E-state index contributed by atoms with van der Waals surface area (Å²) in [5.74, 6) is 1.43. The highest BCUT2D eigenvalue weighted by Crippen LogP contribution is 2.45. The first-order valence-corrected chi connectivity index (χ1v) is 13.5. The van der Waals surface area contributed by atoms with Gasteiger partial charge in [0.05, 0.1) is 0 Å². The molecule has 1 saturated carbocycles. The fourth-order valence-electron chi connectivity index (χ4n) is 4.96. The lowest BCUT2D eigenvalue weighted by Crippen LogP contribution is -2.67. The molecule has 31 heavy (non-hydrogen) atoms. The van der Waals surface area contributed by atoms with Crippen molar-refractivity contribution in [1.29, 1.82) is 0 Å². The molecule has 1 aliphatic rings. The van der Waals surface area contributed by atoms with Gasteiger partial charge in [-0.15, -0.1) is 0 Å². The summed E-state index contributed by atoms with van der Waals surface area (Å²) in [4.78, 5) is 0. The molecule has 0 unspecified atom stereocenters. The van der Waals surface area contributed by atoms with Gasteiger partial charge in [-0.3, -0.25) is 0 Å². The van der Waals surface area contributed by atoms with E-state index in [1.807, 2.05) is 0 Å². The molecule has 1 aliphatic carbocycles. The second kappa shape index (κ2) is 8.91. The van der Waals surface area contributed by atoms with Gasteiger partial charge < -0.3 is 0 Å². The smallest absolute Gasteiger partial charge is 0.0805 e. The Kier molecular flexibility index (Phi) is 5.69. The maximum Gasteiger partial charge on any atom is 0.148 e. The van der Waals surface area contributed by atoms with Crippen LogP contribution in [0, 0.1) is 11.8 Å². The van der Waals surface area contributed by atoms with Crippen molar-refractivity contribution in [3.63, 3.8) is 0 Å². The predicted molar refractivity (Wildman–Crippen MR) is 136 cm³/mol. The molecule has 0 radical (unpaired) electrons. The van der Waals surface area contributed by atoms with E-state index in [1.54, 1.807) is 0 Å². The number of benzene rings is 4. The van der Waals surface area contributed by atoms with Crippen molar-refractivity contribution in [3.05, 3.63) is 133 Å². The monoisotopic (exact) mass is 416 g/mol. The molecule has 0 saturated heterocycles. The molecular weight excluding hydrogens is 388 g/mol. The molecule has 2 atom stereocenters. The van der Waals surface area contributed by atoms with Gasteiger partial charge in [0.25, 0.3) is 0 Å². The molecule has 152 valence electrons. The second-order valence-corrected chi connectivity index (χ2v) is 12.6. The summed E-state index contributed by atoms with van der Waals surface area (Å²) in [5, 5.41) is 4.56. The van der Waals surface area contributed by atoms with Crippen molar-refractivity contribution in [2.24, 2.45) is 11.8 Å². The third-order valence-electron chi connectivity index (χ3n) is 6.68. The molecule has 4 aromatic rings. The molecular formula is C30H28Si. The maximum atomic E-state index is 2.44. The first kappa shape index (κ1) is 19.8.